The first-order chi connectivity index (χ1) is 14.3. The summed E-state index contributed by atoms with van der Waals surface area (Å²) in [5.41, 5.74) is 0.935. The first kappa shape index (κ1) is 19.4. The highest BCUT2D eigenvalue weighted by atomic mass is 32.1. The first-order valence-electron chi connectivity index (χ1n) is 9.35. The van der Waals surface area contributed by atoms with Gasteiger partial charge in [0.2, 0.25) is 7.29 Å². The number of hydrogen-bond donors (Lipinski definition) is 1. The minimum atomic E-state index is -3.09. The van der Waals surface area contributed by atoms with Gasteiger partial charge in [-0.1, -0.05) is 72.5 Å². The maximum absolute atomic E-state index is 14.4. The van der Waals surface area contributed by atoms with Crippen LogP contribution < -0.4 is 15.7 Å². The van der Waals surface area contributed by atoms with Crippen LogP contribution in [0.1, 0.15) is 16.5 Å². The lowest BCUT2D eigenvalue weighted by molar-refractivity contribution is 0.575. The van der Waals surface area contributed by atoms with Gasteiger partial charge in [-0.3, -0.25) is 4.57 Å². The van der Waals surface area contributed by atoms with Gasteiger partial charge in [-0.25, -0.2) is 5.09 Å². The van der Waals surface area contributed by atoms with Crippen molar-refractivity contribution in [3.8, 4) is 11.8 Å². The Balaban J connectivity index is 1.78. The normalized spacial score (nSPS) is 12.0. The minimum absolute atomic E-state index is 0.346. The molecule has 4 aromatic rings. The monoisotopic (exact) mass is 413 g/mol. The standard InChI is InChI=1S/C25H20NOPS/c27-28(22-13-6-2-7-14-22,23-15-8-3-9-16-23)26-24(25-17-10-20-29-25)19-18-21-11-4-1-5-12-21/h1-17,20,24H,(H,26,27)/t24-/m0/s1. The summed E-state index contributed by atoms with van der Waals surface area (Å²) in [6.45, 7) is 0. The van der Waals surface area contributed by atoms with E-state index >= 15 is 0 Å². The Bertz CT molecular complexity index is 1100. The maximum Gasteiger partial charge on any atom is 0.205 e. The Labute approximate surface area is 175 Å². The van der Waals surface area contributed by atoms with Gasteiger partial charge in [0.05, 0.1) is 0 Å². The first-order valence-corrected chi connectivity index (χ1v) is 11.9. The molecule has 0 aliphatic heterocycles. The lowest BCUT2D eigenvalue weighted by atomic mass is 10.2. The van der Waals surface area contributed by atoms with Gasteiger partial charge in [-0.05, 0) is 47.8 Å². The third kappa shape index (κ3) is 4.58. The Kier molecular flexibility index (Phi) is 6.08. The van der Waals surface area contributed by atoms with Crippen LogP contribution in [0.4, 0.5) is 0 Å². The average Bonchev–Trinajstić information content (AvgIpc) is 3.33. The lowest BCUT2D eigenvalue weighted by Crippen LogP contribution is -2.29. The molecule has 3 aromatic carbocycles. The van der Waals surface area contributed by atoms with E-state index in [1.165, 1.54) is 0 Å². The van der Waals surface area contributed by atoms with Crippen molar-refractivity contribution in [2.24, 2.45) is 0 Å². The summed E-state index contributed by atoms with van der Waals surface area (Å²) in [5, 5.41) is 6.99. The zero-order chi connectivity index (χ0) is 19.9. The highest BCUT2D eigenvalue weighted by Gasteiger charge is 2.30. The van der Waals surface area contributed by atoms with Crippen molar-refractivity contribution in [1.29, 1.82) is 0 Å². The molecule has 1 atom stereocenters. The van der Waals surface area contributed by atoms with Gasteiger partial charge in [-0.2, -0.15) is 0 Å². The molecule has 0 saturated carbocycles. The van der Waals surface area contributed by atoms with E-state index in [-0.39, 0.29) is 6.04 Å². The molecule has 1 heterocycles. The predicted molar refractivity (Wildman–Crippen MR) is 123 cm³/mol. The Hall–Kier alpha value is -2.89. The molecule has 2 nitrogen and oxygen atoms in total. The third-order valence-electron chi connectivity index (χ3n) is 4.51. The largest absolute Gasteiger partial charge is 0.296 e. The molecule has 0 unspecified atom stereocenters. The second-order valence-electron chi connectivity index (χ2n) is 6.49. The van der Waals surface area contributed by atoms with E-state index in [1.54, 1.807) is 11.3 Å². The van der Waals surface area contributed by atoms with Crippen molar-refractivity contribution in [1.82, 2.24) is 5.09 Å². The number of benzene rings is 3. The van der Waals surface area contributed by atoms with E-state index in [1.807, 2.05) is 109 Å². The van der Waals surface area contributed by atoms with Crippen molar-refractivity contribution < 1.29 is 4.57 Å². The van der Waals surface area contributed by atoms with Crippen molar-refractivity contribution in [3.63, 3.8) is 0 Å². The zero-order valence-electron chi connectivity index (χ0n) is 15.7. The van der Waals surface area contributed by atoms with E-state index in [4.69, 9.17) is 0 Å². The van der Waals surface area contributed by atoms with Crippen molar-refractivity contribution in [2.75, 3.05) is 0 Å². The van der Waals surface area contributed by atoms with Crippen LogP contribution in [0.2, 0.25) is 0 Å². The van der Waals surface area contributed by atoms with E-state index in [2.05, 4.69) is 16.9 Å². The molecule has 1 aromatic heterocycles. The summed E-state index contributed by atoms with van der Waals surface area (Å²) in [4.78, 5) is 1.04. The molecular weight excluding hydrogens is 393 g/mol. The van der Waals surface area contributed by atoms with Gasteiger partial charge in [0.15, 0.2) is 0 Å². The predicted octanol–water partition coefficient (Wildman–Crippen LogP) is 5.36. The average molecular weight is 413 g/mol. The molecule has 0 radical (unpaired) electrons. The van der Waals surface area contributed by atoms with Crippen molar-refractivity contribution >= 4 is 29.2 Å². The molecule has 0 saturated heterocycles. The van der Waals surface area contributed by atoms with E-state index in [0.29, 0.717) is 0 Å². The Morgan fingerprint density at radius 1 is 0.724 bits per heavy atom. The fourth-order valence-electron chi connectivity index (χ4n) is 3.06. The van der Waals surface area contributed by atoms with Crippen LogP contribution in [0.25, 0.3) is 0 Å². The van der Waals surface area contributed by atoms with E-state index < -0.39 is 7.29 Å². The molecule has 0 aliphatic rings. The fraction of sp³-hybridized carbons (Fsp3) is 0.0400. The summed E-state index contributed by atoms with van der Waals surface area (Å²) < 4.78 is 14.4. The molecule has 4 heteroatoms. The van der Waals surface area contributed by atoms with Crippen LogP contribution in [0.5, 0.6) is 0 Å². The smallest absolute Gasteiger partial charge is 0.205 e. The molecule has 0 spiro atoms. The van der Waals surface area contributed by atoms with Gasteiger partial charge < -0.3 is 0 Å². The second-order valence-corrected chi connectivity index (χ2v) is 9.98. The van der Waals surface area contributed by atoms with Crippen LogP contribution in [0.15, 0.2) is 109 Å². The van der Waals surface area contributed by atoms with Crippen molar-refractivity contribution in [3.05, 3.63) is 119 Å². The fourth-order valence-corrected chi connectivity index (χ4v) is 6.22. The van der Waals surface area contributed by atoms with Crippen molar-refractivity contribution in [2.45, 2.75) is 6.04 Å². The highest BCUT2D eigenvalue weighted by molar-refractivity contribution is 7.76. The van der Waals surface area contributed by atoms with E-state index in [0.717, 1.165) is 21.0 Å². The third-order valence-corrected chi connectivity index (χ3v) is 8.12. The minimum Gasteiger partial charge on any atom is -0.296 e. The van der Waals surface area contributed by atoms with Crippen LogP contribution in [0, 0.1) is 11.8 Å². The highest BCUT2D eigenvalue weighted by Crippen LogP contribution is 2.42. The molecule has 4 rings (SSSR count). The lowest BCUT2D eigenvalue weighted by Gasteiger charge is -2.24. The summed E-state index contributed by atoms with van der Waals surface area (Å²) in [6, 6.07) is 32.7. The quantitative estimate of drug-likeness (QED) is 0.353. The second kappa shape index (κ2) is 9.07. The molecule has 142 valence electrons. The van der Waals surface area contributed by atoms with Crippen LogP contribution in [-0.2, 0) is 4.57 Å². The molecule has 0 aliphatic carbocycles. The summed E-state index contributed by atoms with van der Waals surface area (Å²) in [6.07, 6.45) is 0. The molecule has 29 heavy (non-hydrogen) atoms. The molecule has 0 fully saturated rings. The number of thiophene rings is 1. The van der Waals surface area contributed by atoms with Crippen LogP contribution in [0.3, 0.4) is 0 Å². The van der Waals surface area contributed by atoms with Crippen LogP contribution in [-0.4, -0.2) is 0 Å². The Morgan fingerprint density at radius 3 is 1.79 bits per heavy atom. The van der Waals surface area contributed by atoms with Gasteiger partial charge >= 0.3 is 0 Å². The van der Waals surface area contributed by atoms with Gasteiger partial charge in [0, 0.05) is 21.0 Å². The van der Waals surface area contributed by atoms with Crippen LogP contribution >= 0.6 is 18.6 Å². The topological polar surface area (TPSA) is 29.1 Å². The molecule has 1 N–H and O–H groups in total. The molecule has 0 bridgehead atoms. The maximum atomic E-state index is 14.4. The number of hydrogen-bond acceptors (Lipinski definition) is 2. The van der Waals surface area contributed by atoms with Gasteiger partial charge in [0.25, 0.3) is 0 Å². The summed E-state index contributed by atoms with van der Waals surface area (Å²) in [7, 11) is -3.09. The van der Waals surface area contributed by atoms with Gasteiger partial charge in [-0.15, -0.1) is 11.3 Å². The van der Waals surface area contributed by atoms with Gasteiger partial charge in [0.1, 0.15) is 6.04 Å². The molecular formula is C25H20NOPS. The number of nitrogens with one attached hydrogen (secondary N) is 1. The zero-order valence-corrected chi connectivity index (χ0v) is 17.4. The summed E-state index contributed by atoms with van der Waals surface area (Å²) >= 11 is 1.61. The Morgan fingerprint density at radius 2 is 1.28 bits per heavy atom. The van der Waals surface area contributed by atoms with E-state index in [9.17, 15) is 4.57 Å². The summed E-state index contributed by atoms with van der Waals surface area (Å²) in [5.74, 6) is 6.54. The SMILES string of the molecule is O=P(N[C@@H](C#Cc1ccccc1)c1cccs1)(c1ccccc1)c1ccccc1. The molecule has 0 amide bonds. The number of rotatable bonds is 5.